The number of amides is 1. The maximum Gasteiger partial charge on any atom is 0.260 e. The zero-order chi connectivity index (χ0) is 13.8. The summed E-state index contributed by atoms with van der Waals surface area (Å²) in [5.41, 5.74) is 1.93. The molecule has 0 aliphatic carbocycles. The molecular weight excluding hydrogens is 264 g/mol. The first-order valence-electron chi connectivity index (χ1n) is 6.46. The van der Waals surface area contributed by atoms with E-state index in [4.69, 9.17) is 16.3 Å². The van der Waals surface area contributed by atoms with Crippen molar-refractivity contribution in [2.24, 2.45) is 0 Å². The minimum absolute atomic E-state index is 0.0340. The number of halogens is 1. The Balaban J connectivity index is 1.93. The number of piperazine rings is 1. The fourth-order valence-corrected chi connectivity index (χ4v) is 2.25. The van der Waals surface area contributed by atoms with Crippen LogP contribution in [0.1, 0.15) is 11.1 Å². The van der Waals surface area contributed by atoms with Gasteiger partial charge in [0, 0.05) is 31.2 Å². The van der Waals surface area contributed by atoms with Gasteiger partial charge in [0.05, 0.1) is 0 Å². The lowest BCUT2D eigenvalue weighted by molar-refractivity contribution is -0.133. The quantitative estimate of drug-likeness (QED) is 0.919. The Kier molecular flexibility index (Phi) is 4.66. The van der Waals surface area contributed by atoms with Gasteiger partial charge in [0.2, 0.25) is 0 Å². The predicted molar refractivity (Wildman–Crippen MR) is 75.9 cm³/mol. The summed E-state index contributed by atoms with van der Waals surface area (Å²) in [6.45, 7) is 7.15. The maximum atomic E-state index is 12.0. The normalized spacial score (nSPS) is 15.4. The van der Waals surface area contributed by atoms with Gasteiger partial charge in [0.25, 0.3) is 5.91 Å². The summed E-state index contributed by atoms with van der Waals surface area (Å²) in [6, 6.07) is 3.72. The number of ether oxygens (including phenoxy) is 1. The zero-order valence-electron chi connectivity index (χ0n) is 11.3. The topological polar surface area (TPSA) is 41.6 Å². The van der Waals surface area contributed by atoms with E-state index >= 15 is 0 Å². The highest BCUT2D eigenvalue weighted by molar-refractivity contribution is 6.32. The molecule has 1 heterocycles. The molecule has 1 fully saturated rings. The molecule has 104 valence electrons. The van der Waals surface area contributed by atoms with Crippen LogP contribution in [0.15, 0.2) is 12.1 Å². The molecule has 5 heteroatoms. The third-order valence-electron chi connectivity index (χ3n) is 3.24. The number of rotatable bonds is 3. The number of nitrogens with one attached hydrogen (secondary N) is 1. The molecule has 1 saturated heterocycles. The molecule has 1 aliphatic heterocycles. The number of nitrogens with zero attached hydrogens (tertiary/aromatic N) is 1. The van der Waals surface area contributed by atoms with Gasteiger partial charge < -0.3 is 15.0 Å². The third kappa shape index (κ3) is 3.61. The summed E-state index contributed by atoms with van der Waals surface area (Å²) < 4.78 is 5.57. The van der Waals surface area contributed by atoms with E-state index in [1.165, 1.54) is 0 Å². The van der Waals surface area contributed by atoms with Crippen LogP contribution in [0, 0.1) is 13.8 Å². The first-order valence-corrected chi connectivity index (χ1v) is 6.84. The van der Waals surface area contributed by atoms with Crippen molar-refractivity contribution in [1.29, 1.82) is 0 Å². The highest BCUT2D eigenvalue weighted by Crippen LogP contribution is 2.25. The molecule has 1 aliphatic rings. The molecule has 0 radical (unpaired) electrons. The van der Waals surface area contributed by atoms with Crippen LogP contribution in [-0.4, -0.2) is 43.6 Å². The molecule has 1 aromatic rings. The van der Waals surface area contributed by atoms with Crippen LogP contribution in [0.3, 0.4) is 0 Å². The lowest BCUT2D eigenvalue weighted by Gasteiger charge is -2.27. The number of carbonyl (C=O) groups is 1. The van der Waals surface area contributed by atoms with Crippen molar-refractivity contribution in [3.8, 4) is 5.75 Å². The van der Waals surface area contributed by atoms with E-state index in [9.17, 15) is 4.79 Å². The average molecular weight is 283 g/mol. The Bertz CT molecular complexity index is 448. The predicted octanol–water partition coefficient (Wildman–Crippen LogP) is 1.77. The summed E-state index contributed by atoms with van der Waals surface area (Å²) in [6.07, 6.45) is 0. The molecule has 1 aromatic carbocycles. The van der Waals surface area contributed by atoms with E-state index in [1.54, 1.807) is 0 Å². The monoisotopic (exact) mass is 282 g/mol. The van der Waals surface area contributed by atoms with Crippen molar-refractivity contribution in [1.82, 2.24) is 10.2 Å². The molecule has 0 saturated carbocycles. The minimum Gasteiger partial charge on any atom is -0.484 e. The van der Waals surface area contributed by atoms with E-state index in [1.807, 2.05) is 30.9 Å². The van der Waals surface area contributed by atoms with Crippen molar-refractivity contribution in [2.45, 2.75) is 13.8 Å². The Morgan fingerprint density at radius 2 is 1.89 bits per heavy atom. The van der Waals surface area contributed by atoms with Crippen LogP contribution >= 0.6 is 11.6 Å². The molecule has 0 bridgehead atoms. The van der Waals surface area contributed by atoms with Gasteiger partial charge in [0.15, 0.2) is 6.61 Å². The summed E-state index contributed by atoms with van der Waals surface area (Å²) in [4.78, 5) is 13.8. The Labute approximate surface area is 118 Å². The van der Waals surface area contributed by atoms with Gasteiger partial charge in [0.1, 0.15) is 5.75 Å². The summed E-state index contributed by atoms with van der Waals surface area (Å²) >= 11 is 6.10. The van der Waals surface area contributed by atoms with Gasteiger partial charge in [-0.05, 0) is 37.1 Å². The second-order valence-electron chi connectivity index (χ2n) is 4.79. The van der Waals surface area contributed by atoms with E-state index in [0.29, 0.717) is 5.75 Å². The van der Waals surface area contributed by atoms with Gasteiger partial charge in [-0.15, -0.1) is 0 Å². The maximum absolute atomic E-state index is 12.0. The number of aryl methyl sites for hydroxylation is 2. The molecule has 2 rings (SSSR count). The summed E-state index contributed by atoms with van der Waals surface area (Å²) in [5, 5.41) is 3.97. The molecule has 0 atom stereocenters. The van der Waals surface area contributed by atoms with Gasteiger partial charge in [-0.25, -0.2) is 0 Å². The summed E-state index contributed by atoms with van der Waals surface area (Å²) in [5.74, 6) is 0.731. The van der Waals surface area contributed by atoms with Crippen LogP contribution in [0.2, 0.25) is 5.02 Å². The van der Waals surface area contributed by atoms with Crippen molar-refractivity contribution < 1.29 is 9.53 Å². The van der Waals surface area contributed by atoms with E-state index in [2.05, 4.69) is 5.32 Å². The SMILES string of the molecule is Cc1cc(OCC(=O)N2CCNCC2)cc(C)c1Cl. The second-order valence-corrected chi connectivity index (χ2v) is 5.17. The fraction of sp³-hybridized carbons (Fsp3) is 0.500. The van der Waals surface area contributed by atoms with E-state index < -0.39 is 0 Å². The van der Waals surface area contributed by atoms with Crippen LogP contribution in [0.25, 0.3) is 0 Å². The Hall–Kier alpha value is -1.26. The van der Waals surface area contributed by atoms with Crippen LogP contribution in [-0.2, 0) is 4.79 Å². The highest BCUT2D eigenvalue weighted by atomic mass is 35.5. The van der Waals surface area contributed by atoms with Crippen molar-refractivity contribution in [2.75, 3.05) is 32.8 Å². The number of hydrogen-bond donors (Lipinski definition) is 1. The number of hydrogen-bond acceptors (Lipinski definition) is 3. The Morgan fingerprint density at radius 1 is 1.32 bits per heavy atom. The second kappa shape index (κ2) is 6.26. The number of carbonyl (C=O) groups excluding carboxylic acids is 1. The van der Waals surface area contributed by atoms with Crippen LogP contribution < -0.4 is 10.1 Å². The molecule has 0 aromatic heterocycles. The number of benzene rings is 1. The summed E-state index contributed by atoms with van der Waals surface area (Å²) in [7, 11) is 0. The van der Waals surface area contributed by atoms with Crippen LogP contribution in [0.4, 0.5) is 0 Å². The van der Waals surface area contributed by atoms with Crippen molar-refractivity contribution >= 4 is 17.5 Å². The van der Waals surface area contributed by atoms with Crippen molar-refractivity contribution in [3.05, 3.63) is 28.3 Å². The first-order chi connectivity index (χ1) is 9.08. The molecule has 4 nitrogen and oxygen atoms in total. The van der Waals surface area contributed by atoms with Gasteiger partial charge in [-0.1, -0.05) is 11.6 Å². The molecule has 0 unspecified atom stereocenters. The smallest absolute Gasteiger partial charge is 0.260 e. The molecule has 19 heavy (non-hydrogen) atoms. The first kappa shape index (κ1) is 14.2. The van der Waals surface area contributed by atoms with E-state index in [-0.39, 0.29) is 12.5 Å². The third-order valence-corrected chi connectivity index (χ3v) is 3.84. The lowest BCUT2D eigenvalue weighted by atomic mass is 10.1. The Morgan fingerprint density at radius 3 is 2.47 bits per heavy atom. The molecular formula is C14H19ClN2O2. The molecule has 1 N–H and O–H groups in total. The standard InChI is InChI=1S/C14H19ClN2O2/c1-10-7-12(8-11(2)14(10)15)19-9-13(18)17-5-3-16-4-6-17/h7-8,16H,3-6,9H2,1-2H3. The van der Waals surface area contributed by atoms with Gasteiger partial charge >= 0.3 is 0 Å². The zero-order valence-corrected chi connectivity index (χ0v) is 12.1. The lowest BCUT2D eigenvalue weighted by Crippen LogP contribution is -2.47. The van der Waals surface area contributed by atoms with E-state index in [0.717, 1.165) is 42.3 Å². The fourth-order valence-electron chi connectivity index (χ4n) is 2.14. The largest absolute Gasteiger partial charge is 0.484 e. The average Bonchev–Trinajstić information content (AvgIpc) is 2.43. The van der Waals surface area contributed by atoms with Crippen LogP contribution in [0.5, 0.6) is 5.75 Å². The minimum atomic E-state index is 0.0340. The highest BCUT2D eigenvalue weighted by Gasteiger charge is 2.16. The molecule has 1 amide bonds. The van der Waals surface area contributed by atoms with Gasteiger partial charge in [-0.2, -0.15) is 0 Å². The van der Waals surface area contributed by atoms with Gasteiger partial charge in [-0.3, -0.25) is 4.79 Å². The molecule has 0 spiro atoms. The van der Waals surface area contributed by atoms with Crippen molar-refractivity contribution in [3.63, 3.8) is 0 Å².